The van der Waals surface area contributed by atoms with Crippen molar-refractivity contribution in [1.29, 1.82) is 0 Å². The second kappa shape index (κ2) is 6.78. The third-order valence-corrected chi connectivity index (χ3v) is 2.61. The van der Waals surface area contributed by atoms with Crippen LogP contribution in [0.2, 0.25) is 0 Å². The molecule has 0 fully saturated rings. The average molecular weight is 301 g/mol. The molecule has 0 aliphatic heterocycles. The molecular weight excluding hydrogens is 288 g/mol. The van der Waals surface area contributed by atoms with E-state index in [4.69, 9.17) is 5.73 Å². The molecule has 112 valence electrons. The van der Waals surface area contributed by atoms with Gasteiger partial charge in [0.15, 0.2) is 0 Å². The summed E-state index contributed by atoms with van der Waals surface area (Å²) in [5.41, 5.74) is 6.00. The first kappa shape index (κ1) is 15.6. The Morgan fingerprint density at radius 2 is 1.91 bits per heavy atom. The summed E-state index contributed by atoms with van der Waals surface area (Å²) in [4.78, 5) is 15.6. The Bertz CT molecular complexity index is 743. The number of nitrogens with two attached hydrogens (primary N) is 1. The normalized spacial score (nSPS) is 11.3. The van der Waals surface area contributed by atoms with Gasteiger partial charge >= 0.3 is 0 Å². The Labute approximate surface area is 126 Å². The van der Waals surface area contributed by atoms with Gasteiger partial charge in [0.05, 0.1) is 6.04 Å². The van der Waals surface area contributed by atoms with Crippen molar-refractivity contribution < 1.29 is 13.6 Å². The summed E-state index contributed by atoms with van der Waals surface area (Å²) < 4.78 is 26.1. The van der Waals surface area contributed by atoms with E-state index in [1.54, 1.807) is 25.1 Å². The minimum Gasteiger partial charge on any atom is -0.320 e. The first-order valence-corrected chi connectivity index (χ1v) is 6.45. The Hall–Kier alpha value is -2.78. The van der Waals surface area contributed by atoms with Crippen molar-refractivity contribution in [3.05, 3.63) is 59.3 Å². The number of nitrogens with zero attached hydrogens (tertiary/aromatic N) is 1. The van der Waals surface area contributed by atoms with Gasteiger partial charge in [0.2, 0.25) is 5.91 Å². The third-order valence-electron chi connectivity index (χ3n) is 2.61. The van der Waals surface area contributed by atoms with E-state index in [-0.39, 0.29) is 11.5 Å². The zero-order valence-electron chi connectivity index (χ0n) is 11.7. The van der Waals surface area contributed by atoms with Crippen LogP contribution in [-0.4, -0.2) is 16.9 Å². The summed E-state index contributed by atoms with van der Waals surface area (Å²) in [6, 6.07) is 7.22. The van der Waals surface area contributed by atoms with Crippen molar-refractivity contribution in [2.75, 3.05) is 5.32 Å². The van der Waals surface area contributed by atoms with Crippen LogP contribution in [0.5, 0.6) is 0 Å². The molecule has 1 atom stereocenters. The van der Waals surface area contributed by atoms with Gasteiger partial charge in [0, 0.05) is 11.6 Å². The van der Waals surface area contributed by atoms with E-state index in [1.165, 1.54) is 0 Å². The van der Waals surface area contributed by atoms with Crippen LogP contribution in [0.4, 0.5) is 14.6 Å². The number of carbonyl (C=O) groups excluding carboxylic acids is 1. The second-order valence-electron chi connectivity index (χ2n) is 4.59. The number of rotatable bonds is 2. The second-order valence-corrected chi connectivity index (χ2v) is 4.59. The van der Waals surface area contributed by atoms with Gasteiger partial charge in [-0.1, -0.05) is 12.0 Å². The Kier molecular flexibility index (Phi) is 4.81. The van der Waals surface area contributed by atoms with Crippen molar-refractivity contribution in [3.63, 3.8) is 0 Å². The fourth-order valence-corrected chi connectivity index (χ4v) is 1.58. The van der Waals surface area contributed by atoms with Crippen LogP contribution in [0, 0.1) is 23.5 Å². The SMILES string of the molecule is CC(N)C(=O)Nc1cccc(C#Cc2cc(F)cc(F)c2)n1. The topological polar surface area (TPSA) is 68.0 Å². The summed E-state index contributed by atoms with van der Waals surface area (Å²) in [6.07, 6.45) is 0. The number of pyridine rings is 1. The zero-order valence-corrected chi connectivity index (χ0v) is 11.7. The predicted octanol–water partition coefficient (Wildman–Crippen LogP) is 2.05. The van der Waals surface area contributed by atoms with Crippen LogP contribution in [-0.2, 0) is 4.79 Å². The molecule has 0 saturated heterocycles. The van der Waals surface area contributed by atoms with E-state index in [1.807, 2.05) is 0 Å². The first-order valence-electron chi connectivity index (χ1n) is 6.45. The highest BCUT2D eigenvalue weighted by molar-refractivity contribution is 5.93. The van der Waals surface area contributed by atoms with Gasteiger partial charge in [-0.15, -0.1) is 0 Å². The molecule has 6 heteroatoms. The molecule has 1 aromatic heterocycles. The summed E-state index contributed by atoms with van der Waals surface area (Å²) in [5, 5.41) is 2.54. The van der Waals surface area contributed by atoms with Crippen molar-refractivity contribution in [2.45, 2.75) is 13.0 Å². The van der Waals surface area contributed by atoms with E-state index in [2.05, 4.69) is 22.1 Å². The number of hydrogen-bond acceptors (Lipinski definition) is 3. The first-order chi connectivity index (χ1) is 10.4. The molecule has 22 heavy (non-hydrogen) atoms. The van der Waals surface area contributed by atoms with Gasteiger partial charge in [-0.3, -0.25) is 4.79 Å². The number of hydrogen-bond donors (Lipinski definition) is 2. The zero-order chi connectivity index (χ0) is 16.1. The molecule has 2 rings (SSSR count). The van der Waals surface area contributed by atoms with Crippen LogP contribution >= 0.6 is 0 Å². The molecule has 0 bridgehead atoms. The van der Waals surface area contributed by atoms with Crippen molar-refractivity contribution >= 4 is 11.7 Å². The molecule has 4 nitrogen and oxygen atoms in total. The Morgan fingerprint density at radius 1 is 1.23 bits per heavy atom. The van der Waals surface area contributed by atoms with E-state index in [0.717, 1.165) is 18.2 Å². The fourth-order valence-electron chi connectivity index (χ4n) is 1.58. The molecule has 0 aliphatic carbocycles. The average Bonchev–Trinajstić information content (AvgIpc) is 2.44. The molecule has 0 radical (unpaired) electrons. The van der Waals surface area contributed by atoms with Crippen LogP contribution < -0.4 is 11.1 Å². The van der Waals surface area contributed by atoms with E-state index in [0.29, 0.717) is 11.5 Å². The van der Waals surface area contributed by atoms with E-state index in [9.17, 15) is 13.6 Å². The molecule has 0 saturated carbocycles. The lowest BCUT2D eigenvalue weighted by Gasteiger charge is -2.06. The van der Waals surface area contributed by atoms with Crippen LogP contribution in [0.15, 0.2) is 36.4 Å². The maximum Gasteiger partial charge on any atom is 0.242 e. The summed E-state index contributed by atoms with van der Waals surface area (Å²) >= 11 is 0. The molecule has 0 spiro atoms. The van der Waals surface area contributed by atoms with Crippen molar-refractivity contribution in [1.82, 2.24) is 4.98 Å². The minimum absolute atomic E-state index is 0.198. The molecule has 1 heterocycles. The number of amides is 1. The maximum absolute atomic E-state index is 13.1. The Morgan fingerprint density at radius 3 is 2.55 bits per heavy atom. The number of carbonyl (C=O) groups is 1. The largest absolute Gasteiger partial charge is 0.320 e. The number of benzene rings is 1. The predicted molar refractivity (Wildman–Crippen MR) is 78.9 cm³/mol. The summed E-state index contributed by atoms with van der Waals surface area (Å²) in [6.45, 7) is 1.55. The van der Waals surface area contributed by atoms with E-state index < -0.39 is 17.7 Å². The molecule has 0 aliphatic rings. The number of aromatic nitrogens is 1. The van der Waals surface area contributed by atoms with Gasteiger partial charge in [-0.25, -0.2) is 13.8 Å². The fraction of sp³-hybridized carbons (Fsp3) is 0.125. The van der Waals surface area contributed by atoms with Gasteiger partial charge in [-0.2, -0.15) is 0 Å². The lowest BCUT2D eigenvalue weighted by molar-refractivity contribution is -0.117. The number of nitrogens with one attached hydrogen (secondary N) is 1. The lowest BCUT2D eigenvalue weighted by atomic mass is 10.2. The minimum atomic E-state index is -0.699. The molecule has 1 aromatic carbocycles. The molecule has 2 aromatic rings. The highest BCUT2D eigenvalue weighted by Crippen LogP contribution is 2.08. The molecular formula is C16H13F2N3O. The summed E-state index contributed by atoms with van der Waals surface area (Å²) in [7, 11) is 0. The van der Waals surface area contributed by atoms with Gasteiger partial charge < -0.3 is 11.1 Å². The smallest absolute Gasteiger partial charge is 0.242 e. The van der Waals surface area contributed by atoms with Gasteiger partial charge in [0.1, 0.15) is 23.1 Å². The Balaban J connectivity index is 2.21. The molecule has 3 N–H and O–H groups in total. The lowest BCUT2D eigenvalue weighted by Crippen LogP contribution is -2.32. The van der Waals surface area contributed by atoms with Gasteiger partial charge in [-0.05, 0) is 37.1 Å². The van der Waals surface area contributed by atoms with Crippen molar-refractivity contribution in [2.24, 2.45) is 5.73 Å². The standard InChI is InChI=1S/C16H13F2N3O/c1-10(19)16(22)21-15-4-2-3-14(20-15)6-5-11-7-12(17)9-13(18)8-11/h2-4,7-10H,19H2,1H3,(H,20,21,22). The third kappa shape index (κ3) is 4.36. The highest BCUT2D eigenvalue weighted by atomic mass is 19.1. The number of anilines is 1. The van der Waals surface area contributed by atoms with Crippen LogP contribution in [0.25, 0.3) is 0 Å². The van der Waals surface area contributed by atoms with Crippen LogP contribution in [0.1, 0.15) is 18.2 Å². The van der Waals surface area contributed by atoms with Crippen molar-refractivity contribution in [3.8, 4) is 11.8 Å². The van der Waals surface area contributed by atoms with Crippen LogP contribution in [0.3, 0.4) is 0 Å². The summed E-state index contributed by atoms with van der Waals surface area (Å²) in [5.74, 6) is 3.83. The monoisotopic (exact) mass is 301 g/mol. The quantitative estimate of drug-likeness (QED) is 0.834. The maximum atomic E-state index is 13.1. The van der Waals surface area contributed by atoms with E-state index >= 15 is 0 Å². The molecule has 1 amide bonds. The van der Waals surface area contributed by atoms with Gasteiger partial charge in [0.25, 0.3) is 0 Å². The molecule has 1 unspecified atom stereocenters. The highest BCUT2D eigenvalue weighted by Gasteiger charge is 2.07. The number of halogens is 2.